The molecule has 0 saturated carbocycles. The predicted molar refractivity (Wildman–Crippen MR) is 147 cm³/mol. The Labute approximate surface area is 220 Å². The quantitative estimate of drug-likeness (QED) is 0.292. The van der Waals surface area contributed by atoms with Gasteiger partial charge in [-0.25, -0.2) is 0 Å². The fourth-order valence-corrected chi connectivity index (χ4v) is 5.76. The van der Waals surface area contributed by atoms with Gasteiger partial charge in [0.25, 0.3) is 5.91 Å². The average Bonchev–Trinajstić information content (AvgIpc) is 3.08. The lowest BCUT2D eigenvalue weighted by atomic mass is 9.85. The van der Waals surface area contributed by atoms with E-state index in [1.807, 2.05) is 43.3 Å². The van der Waals surface area contributed by atoms with Crippen LogP contribution in [0.15, 0.2) is 61.9 Å². The fraction of sp³-hybridized carbons (Fsp3) is 0.222. The molecule has 3 aromatic rings. The van der Waals surface area contributed by atoms with Crippen LogP contribution in [0.4, 0.5) is 5.69 Å². The summed E-state index contributed by atoms with van der Waals surface area (Å²) < 4.78 is 8.95. The first-order valence-corrected chi connectivity index (χ1v) is 13.0. The number of hydrogen-bond acceptors (Lipinski definition) is 2. The van der Waals surface area contributed by atoms with Gasteiger partial charge in [-0.3, -0.25) is 4.79 Å². The number of rotatable bonds is 4. The first-order valence-electron chi connectivity index (χ1n) is 10.6. The SMILES string of the molecule is Cc1c(Br)cc(Br)c2c1C(=Cc1cc(Br)c(OCc3ccccc3)c(C(C)(C)C)c1)C(=O)N2. The molecule has 0 spiro atoms. The minimum Gasteiger partial charge on any atom is -0.487 e. The van der Waals surface area contributed by atoms with Crippen LogP contribution in [0.1, 0.15) is 48.6 Å². The molecule has 0 atom stereocenters. The summed E-state index contributed by atoms with van der Waals surface area (Å²) in [5, 5.41) is 3.00. The first kappa shape index (κ1) is 24.2. The lowest BCUT2D eigenvalue weighted by Crippen LogP contribution is -2.14. The summed E-state index contributed by atoms with van der Waals surface area (Å²) in [4.78, 5) is 12.9. The van der Waals surface area contributed by atoms with Crippen LogP contribution in [0.2, 0.25) is 0 Å². The van der Waals surface area contributed by atoms with Crippen LogP contribution < -0.4 is 10.1 Å². The average molecular weight is 634 g/mol. The van der Waals surface area contributed by atoms with Gasteiger partial charge in [0.2, 0.25) is 0 Å². The molecule has 1 heterocycles. The standard InChI is InChI=1S/C27H24Br3NO2/c1-15-20(28)13-21(29)24-23(15)18(26(32)31-24)10-17-11-19(27(2,3)4)25(22(30)12-17)33-14-16-8-6-5-7-9-16/h5-13H,14H2,1-4H3,(H,31,32). The predicted octanol–water partition coefficient (Wildman–Crippen LogP) is 8.65. The molecule has 1 aliphatic rings. The van der Waals surface area contributed by atoms with Crippen LogP contribution in [0.25, 0.3) is 11.6 Å². The molecule has 0 saturated heterocycles. The van der Waals surface area contributed by atoms with Gasteiger partial charge in [0.1, 0.15) is 12.4 Å². The molecule has 0 aromatic heterocycles. The van der Waals surface area contributed by atoms with Gasteiger partial charge in [-0.2, -0.15) is 0 Å². The number of nitrogens with one attached hydrogen (secondary N) is 1. The van der Waals surface area contributed by atoms with Crippen molar-refractivity contribution in [3.05, 3.63) is 89.8 Å². The number of fused-ring (bicyclic) bond motifs is 1. The van der Waals surface area contributed by atoms with Gasteiger partial charge < -0.3 is 10.1 Å². The summed E-state index contributed by atoms with van der Waals surface area (Å²) in [5.41, 5.74) is 6.37. The van der Waals surface area contributed by atoms with Gasteiger partial charge in [-0.05, 0) is 85.2 Å². The maximum absolute atomic E-state index is 12.9. The molecule has 0 fully saturated rings. The van der Waals surface area contributed by atoms with Gasteiger partial charge in [0, 0.05) is 25.6 Å². The molecule has 1 N–H and O–H groups in total. The number of benzene rings is 3. The van der Waals surface area contributed by atoms with E-state index < -0.39 is 0 Å². The fourth-order valence-electron chi connectivity index (χ4n) is 3.91. The number of carbonyl (C=O) groups is 1. The Morgan fingerprint density at radius 1 is 0.970 bits per heavy atom. The Bertz CT molecular complexity index is 1280. The molecule has 6 heteroatoms. The molecule has 3 aromatic carbocycles. The van der Waals surface area contributed by atoms with E-state index in [0.29, 0.717) is 12.2 Å². The third kappa shape index (κ3) is 4.98. The van der Waals surface area contributed by atoms with Crippen LogP contribution in [-0.2, 0) is 16.8 Å². The summed E-state index contributed by atoms with van der Waals surface area (Å²) in [6.45, 7) is 8.99. The van der Waals surface area contributed by atoms with E-state index in [4.69, 9.17) is 4.74 Å². The zero-order valence-electron chi connectivity index (χ0n) is 18.9. The van der Waals surface area contributed by atoms with E-state index in [-0.39, 0.29) is 11.3 Å². The van der Waals surface area contributed by atoms with Crippen molar-refractivity contribution < 1.29 is 9.53 Å². The van der Waals surface area contributed by atoms with Crippen LogP contribution in [-0.4, -0.2) is 5.91 Å². The highest BCUT2D eigenvalue weighted by Gasteiger charge is 2.29. The monoisotopic (exact) mass is 631 g/mol. The number of halogens is 3. The highest BCUT2D eigenvalue weighted by molar-refractivity contribution is 9.11. The number of amides is 1. The molecule has 1 aliphatic heterocycles. The molecule has 170 valence electrons. The summed E-state index contributed by atoms with van der Waals surface area (Å²) in [6.07, 6.45) is 1.95. The van der Waals surface area contributed by atoms with Crippen molar-refractivity contribution >= 4 is 71.0 Å². The van der Waals surface area contributed by atoms with Crippen molar-refractivity contribution in [2.45, 2.75) is 39.7 Å². The first-order chi connectivity index (χ1) is 15.6. The minimum absolute atomic E-state index is 0.107. The molecule has 0 bridgehead atoms. The van der Waals surface area contributed by atoms with Crippen molar-refractivity contribution in [1.29, 1.82) is 0 Å². The summed E-state index contributed by atoms with van der Waals surface area (Å²) >= 11 is 10.9. The second kappa shape index (κ2) is 9.40. The molecule has 33 heavy (non-hydrogen) atoms. The third-order valence-electron chi connectivity index (χ3n) is 5.64. The van der Waals surface area contributed by atoms with Crippen molar-refractivity contribution in [2.24, 2.45) is 0 Å². The number of anilines is 1. The lowest BCUT2D eigenvalue weighted by Gasteiger charge is -2.25. The Balaban J connectivity index is 1.79. The Morgan fingerprint density at radius 3 is 2.33 bits per heavy atom. The lowest BCUT2D eigenvalue weighted by molar-refractivity contribution is -0.110. The summed E-state index contributed by atoms with van der Waals surface area (Å²) in [6, 6.07) is 16.2. The van der Waals surface area contributed by atoms with E-state index in [2.05, 4.69) is 92.1 Å². The Kier molecular flexibility index (Phi) is 6.90. The maximum Gasteiger partial charge on any atom is 0.256 e. The molecule has 0 aliphatic carbocycles. The van der Waals surface area contributed by atoms with Gasteiger partial charge in [-0.15, -0.1) is 0 Å². The molecular formula is C27H24Br3NO2. The number of carbonyl (C=O) groups excluding carboxylic acids is 1. The largest absolute Gasteiger partial charge is 0.487 e. The van der Waals surface area contributed by atoms with Crippen LogP contribution in [0.3, 0.4) is 0 Å². The van der Waals surface area contributed by atoms with Crippen molar-refractivity contribution in [3.63, 3.8) is 0 Å². The smallest absolute Gasteiger partial charge is 0.256 e. The normalized spacial score (nSPS) is 14.4. The second-order valence-electron chi connectivity index (χ2n) is 9.13. The number of hydrogen-bond donors (Lipinski definition) is 1. The summed E-state index contributed by atoms with van der Waals surface area (Å²) in [7, 11) is 0. The van der Waals surface area contributed by atoms with Gasteiger partial charge in [0.15, 0.2) is 0 Å². The Morgan fingerprint density at radius 2 is 1.67 bits per heavy atom. The Hall–Kier alpha value is -1.89. The number of ether oxygens (including phenoxy) is 1. The van der Waals surface area contributed by atoms with Gasteiger partial charge in [-0.1, -0.05) is 67.0 Å². The highest BCUT2D eigenvalue weighted by atomic mass is 79.9. The molecule has 0 radical (unpaired) electrons. The van der Waals surface area contributed by atoms with E-state index in [1.165, 1.54) is 0 Å². The van der Waals surface area contributed by atoms with Crippen LogP contribution in [0, 0.1) is 6.92 Å². The van der Waals surface area contributed by atoms with E-state index in [0.717, 1.165) is 52.7 Å². The van der Waals surface area contributed by atoms with Crippen molar-refractivity contribution in [1.82, 2.24) is 0 Å². The second-order valence-corrected chi connectivity index (χ2v) is 11.7. The molecule has 4 rings (SSSR count). The topological polar surface area (TPSA) is 38.3 Å². The van der Waals surface area contributed by atoms with Crippen LogP contribution >= 0.6 is 47.8 Å². The zero-order chi connectivity index (χ0) is 23.9. The van der Waals surface area contributed by atoms with Crippen molar-refractivity contribution in [2.75, 3.05) is 5.32 Å². The van der Waals surface area contributed by atoms with Gasteiger partial charge in [0.05, 0.1) is 10.2 Å². The highest BCUT2D eigenvalue weighted by Crippen LogP contribution is 2.44. The van der Waals surface area contributed by atoms with E-state index in [9.17, 15) is 4.79 Å². The zero-order valence-corrected chi connectivity index (χ0v) is 23.6. The minimum atomic E-state index is -0.152. The molecule has 3 nitrogen and oxygen atoms in total. The molecule has 1 amide bonds. The van der Waals surface area contributed by atoms with Crippen molar-refractivity contribution in [3.8, 4) is 5.75 Å². The van der Waals surface area contributed by atoms with Crippen LogP contribution in [0.5, 0.6) is 5.75 Å². The molecular weight excluding hydrogens is 610 g/mol. The van der Waals surface area contributed by atoms with Gasteiger partial charge >= 0.3 is 0 Å². The maximum atomic E-state index is 12.9. The summed E-state index contributed by atoms with van der Waals surface area (Å²) in [5.74, 6) is 0.719. The van der Waals surface area contributed by atoms with E-state index in [1.54, 1.807) is 0 Å². The molecule has 0 unspecified atom stereocenters. The van der Waals surface area contributed by atoms with E-state index >= 15 is 0 Å². The third-order valence-corrected chi connectivity index (χ3v) is 7.68.